The fourth-order valence-electron chi connectivity index (χ4n) is 8.55. The molecule has 3 aromatic heterocycles. The zero-order valence-corrected chi connectivity index (χ0v) is 37.9. The predicted octanol–water partition coefficient (Wildman–Crippen LogP) is 12.1. The van der Waals surface area contributed by atoms with Crippen molar-refractivity contribution in [3.05, 3.63) is 173 Å². The van der Waals surface area contributed by atoms with Gasteiger partial charge >= 0.3 is 0 Å². The number of furan rings is 1. The summed E-state index contributed by atoms with van der Waals surface area (Å²) in [6.07, 6.45) is 3.70. The van der Waals surface area contributed by atoms with Gasteiger partial charge in [0.1, 0.15) is 28.6 Å². The number of halogens is 1. The second-order valence-electron chi connectivity index (χ2n) is 17.3. The van der Waals surface area contributed by atoms with E-state index < -0.39 is 0 Å². The minimum Gasteiger partial charge on any atom is -0.501 e. The number of fused-ring (bicyclic) bond motifs is 7. The van der Waals surface area contributed by atoms with E-state index in [0.717, 1.165) is 101 Å². The Bertz CT molecular complexity index is 3190. The van der Waals surface area contributed by atoms with Crippen LogP contribution in [0.15, 0.2) is 132 Å². The van der Waals surface area contributed by atoms with Crippen LogP contribution in [0.25, 0.3) is 55.6 Å². The molecule has 0 amide bonds. The summed E-state index contributed by atoms with van der Waals surface area (Å²) in [7, 11) is 0. The molecule has 1 radical (unpaired) electrons. The molecule has 6 aromatic carbocycles. The van der Waals surface area contributed by atoms with Crippen molar-refractivity contribution in [3.8, 4) is 56.6 Å². The summed E-state index contributed by atoms with van der Waals surface area (Å²) in [6, 6.07) is 44.5. The molecule has 9 aromatic rings. The van der Waals surface area contributed by atoms with Gasteiger partial charge in [0.15, 0.2) is 0 Å². The van der Waals surface area contributed by atoms with Crippen molar-refractivity contribution < 1.29 is 38.4 Å². The molecule has 62 heavy (non-hydrogen) atoms. The van der Waals surface area contributed by atoms with Crippen LogP contribution in [0.1, 0.15) is 48.6 Å². The standard InChI is InChI=1S/C41H31BNO3.C13H11FN.Ir/c1-23-15-24(2)17-25(16-23)26-18-37-39-38(19-26)45-36-21-30-28-9-8-10-29(33-20-27(13-14-43-33)41(3,4)5)40(28)46-35(30)22-32(36)42(39)31-11-6-7-12-34(31)44-37;1-9-7-13(15-8-10(9)2)11-3-5-12(14)6-4-11;/h6-9,11-22H,1-5H3;3,5-8H,1-2H3;/q2*-1;. The normalized spacial score (nSPS) is 12.3. The summed E-state index contributed by atoms with van der Waals surface area (Å²) in [5.74, 6) is 3.07. The minimum absolute atomic E-state index is 0. The van der Waals surface area contributed by atoms with E-state index in [1.54, 1.807) is 6.07 Å². The van der Waals surface area contributed by atoms with Crippen LogP contribution in [0.5, 0.6) is 23.0 Å². The van der Waals surface area contributed by atoms with Gasteiger partial charge in [-0.1, -0.05) is 96.9 Å². The maximum Gasteiger partial charge on any atom is 0.260 e. The van der Waals surface area contributed by atoms with Crippen LogP contribution in [0, 0.1) is 45.6 Å². The quantitative estimate of drug-likeness (QED) is 0.130. The van der Waals surface area contributed by atoms with Gasteiger partial charge in [-0.15, -0.1) is 48.0 Å². The van der Waals surface area contributed by atoms with Crippen LogP contribution in [0.2, 0.25) is 0 Å². The van der Waals surface area contributed by atoms with Crippen molar-refractivity contribution in [2.24, 2.45) is 0 Å². The molecule has 2 aliphatic heterocycles. The van der Waals surface area contributed by atoms with Gasteiger partial charge in [-0.3, -0.25) is 4.39 Å². The second-order valence-corrected chi connectivity index (χ2v) is 17.3. The van der Waals surface area contributed by atoms with E-state index in [2.05, 4.69) is 131 Å². The Morgan fingerprint density at radius 3 is 2.11 bits per heavy atom. The molecule has 0 bridgehead atoms. The number of pyridine rings is 2. The van der Waals surface area contributed by atoms with Crippen LogP contribution >= 0.6 is 0 Å². The molecular weight excluding hydrogens is 947 g/mol. The van der Waals surface area contributed by atoms with E-state index in [1.165, 1.54) is 34.4 Å². The van der Waals surface area contributed by atoms with Crippen molar-refractivity contribution in [2.45, 2.75) is 53.9 Å². The molecule has 8 heteroatoms. The maximum absolute atomic E-state index is 12.7. The number of rotatable bonds is 3. The molecule has 307 valence electrons. The third-order valence-electron chi connectivity index (χ3n) is 11.8. The van der Waals surface area contributed by atoms with Crippen molar-refractivity contribution in [3.63, 3.8) is 0 Å². The minimum atomic E-state index is -0.275. The van der Waals surface area contributed by atoms with E-state index in [4.69, 9.17) is 18.9 Å². The van der Waals surface area contributed by atoms with E-state index in [-0.39, 0.29) is 38.1 Å². The van der Waals surface area contributed by atoms with Gasteiger partial charge in [0.25, 0.3) is 6.71 Å². The number of hydrogen-bond donors (Lipinski definition) is 0. The van der Waals surface area contributed by atoms with Crippen molar-refractivity contribution >= 4 is 45.0 Å². The maximum atomic E-state index is 12.7. The first kappa shape index (κ1) is 41.0. The molecule has 0 saturated heterocycles. The number of ether oxygens (including phenoxy) is 2. The fourth-order valence-corrected chi connectivity index (χ4v) is 8.55. The van der Waals surface area contributed by atoms with Crippen LogP contribution in [0.3, 0.4) is 0 Å². The molecule has 0 N–H and O–H groups in total. The fraction of sp³-hybridized carbons (Fsp3) is 0.148. The summed E-state index contributed by atoms with van der Waals surface area (Å²) in [5, 5.41) is 2.02. The molecule has 0 saturated carbocycles. The molecule has 0 aliphatic carbocycles. The van der Waals surface area contributed by atoms with Gasteiger partial charge in [-0.25, -0.2) is 0 Å². The number of nitrogens with zero attached hydrogens (tertiary/aromatic N) is 2. The van der Waals surface area contributed by atoms with Gasteiger partial charge in [0.2, 0.25) is 0 Å². The predicted molar refractivity (Wildman–Crippen MR) is 245 cm³/mol. The first-order valence-corrected chi connectivity index (χ1v) is 20.6. The summed E-state index contributed by atoms with van der Waals surface area (Å²) >= 11 is 0. The number of hydrogen-bond acceptors (Lipinski definition) is 5. The SMILES string of the molecule is Cc1cc(C)cc(-c2cc3c4c(c2)Oc2cc5c(cc2B4c2ccccc2O3)oc2c(-c3cc(C(C)(C)C)ccn3)[c-]ccc25)c1.Cc1cnc(-c2[c-]cc(F)cc2)cc1C.[Ir]. The van der Waals surface area contributed by atoms with Gasteiger partial charge < -0.3 is 23.9 Å². The molecule has 0 unspecified atom stereocenters. The topological polar surface area (TPSA) is 57.4 Å². The third-order valence-corrected chi connectivity index (χ3v) is 11.8. The number of aromatic nitrogens is 2. The Morgan fingerprint density at radius 2 is 1.39 bits per heavy atom. The van der Waals surface area contributed by atoms with Crippen molar-refractivity contribution in [1.29, 1.82) is 0 Å². The first-order valence-electron chi connectivity index (χ1n) is 20.6. The van der Waals surface area contributed by atoms with E-state index in [0.29, 0.717) is 0 Å². The molecule has 0 spiro atoms. The van der Waals surface area contributed by atoms with Gasteiger partial charge in [0.05, 0.1) is 5.58 Å². The zero-order chi connectivity index (χ0) is 42.2. The average Bonchev–Trinajstić information content (AvgIpc) is 3.61. The van der Waals surface area contributed by atoms with Crippen molar-refractivity contribution in [1.82, 2.24) is 9.97 Å². The molecule has 0 fully saturated rings. The Morgan fingerprint density at radius 1 is 0.645 bits per heavy atom. The average molecular weight is 989 g/mol. The Balaban J connectivity index is 0.000000260. The van der Waals surface area contributed by atoms with Gasteiger partial charge in [0, 0.05) is 49.2 Å². The molecule has 0 atom stereocenters. The molecular formula is C54H42BFIrN2O3-2. The number of aryl methyl sites for hydroxylation is 4. The largest absolute Gasteiger partial charge is 0.501 e. The smallest absolute Gasteiger partial charge is 0.260 e. The summed E-state index contributed by atoms with van der Waals surface area (Å²) < 4.78 is 32.8. The summed E-state index contributed by atoms with van der Waals surface area (Å²) in [4.78, 5) is 9.02. The Labute approximate surface area is 375 Å². The first-order chi connectivity index (χ1) is 29.4. The van der Waals surface area contributed by atoms with Gasteiger partial charge in [-0.2, -0.15) is 0 Å². The van der Waals surface area contributed by atoms with E-state index >= 15 is 0 Å². The third kappa shape index (κ3) is 7.42. The van der Waals surface area contributed by atoms with Crippen LogP contribution in [0.4, 0.5) is 4.39 Å². The van der Waals surface area contributed by atoms with Crippen LogP contribution < -0.4 is 25.9 Å². The summed E-state index contributed by atoms with van der Waals surface area (Å²) in [6.45, 7) is 14.9. The van der Waals surface area contributed by atoms with Crippen LogP contribution in [-0.2, 0) is 25.5 Å². The zero-order valence-electron chi connectivity index (χ0n) is 35.5. The molecule has 5 nitrogen and oxygen atoms in total. The molecule has 5 heterocycles. The van der Waals surface area contributed by atoms with E-state index in [9.17, 15) is 4.39 Å². The summed E-state index contributed by atoms with van der Waals surface area (Å²) in [5.41, 5.74) is 16.4. The van der Waals surface area contributed by atoms with Crippen molar-refractivity contribution in [2.75, 3.05) is 0 Å². The monoisotopic (exact) mass is 989 g/mol. The Hall–Kier alpha value is -6.34. The molecule has 11 rings (SSSR count). The Kier molecular flexibility index (Phi) is 10.5. The van der Waals surface area contributed by atoms with E-state index in [1.807, 2.05) is 44.4 Å². The number of para-hydroxylation sites is 1. The second kappa shape index (κ2) is 15.8. The van der Waals surface area contributed by atoms with Crippen LogP contribution in [-0.4, -0.2) is 16.7 Å². The number of benzene rings is 6. The molecule has 2 aliphatic rings. The van der Waals surface area contributed by atoms with Gasteiger partial charge in [-0.05, 0) is 114 Å².